The van der Waals surface area contributed by atoms with Gasteiger partial charge in [0.25, 0.3) is 0 Å². The van der Waals surface area contributed by atoms with E-state index in [1.807, 2.05) is 12.1 Å². The first-order valence-electron chi connectivity index (χ1n) is 10.7. The van der Waals surface area contributed by atoms with Gasteiger partial charge in [-0.25, -0.2) is 0 Å². The van der Waals surface area contributed by atoms with Gasteiger partial charge in [0, 0.05) is 38.3 Å². The third-order valence-electron chi connectivity index (χ3n) is 6.09. The molecule has 1 unspecified atom stereocenters. The molecule has 0 aromatic heterocycles. The summed E-state index contributed by atoms with van der Waals surface area (Å²) in [5.41, 5.74) is 2.30. The molecule has 2 atom stereocenters. The molecule has 2 aliphatic rings. The second-order valence-corrected chi connectivity index (χ2v) is 7.95. The van der Waals surface area contributed by atoms with Gasteiger partial charge in [-0.1, -0.05) is 54.6 Å². The van der Waals surface area contributed by atoms with Crippen molar-refractivity contribution in [3.63, 3.8) is 0 Å². The molecule has 5 rings (SSSR count). The maximum absolute atomic E-state index is 6.31. The van der Waals surface area contributed by atoms with Crippen molar-refractivity contribution in [2.24, 2.45) is 0 Å². The lowest BCUT2D eigenvalue weighted by atomic mass is 10.0. The first kappa shape index (κ1) is 19.4. The van der Waals surface area contributed by atoms with Crippen molar-refractivity contribution < 1.29 is 14.2 Å². The van der Waals surface area contributed by atoms with Gasteiger partial charge in [0.2, 0.25) is 0 Å². The van der Waals surface area contributed by atoms with Gasteiger partial charge in [0.15, 0.2) is 6.29 Å². The molecule has 2 saturated heterocycles. The molecule has 0 radical (unpaired) electrons. The summed E-state index contributed by atoms with van der Waals surface area (Å²) >= 11 is 0. The van der Waals surface area contributed by atoms with Crippen LogP contribution in [-0.2, 0) is 9.47 Å². The second-order valence-electron chi connectivity index (χ2n) is 7.95. The highest BCUT2D eigenvalue weighted by Gasteiger charge is 2.31. The van der Waals surface area contributed by atoms with Gasteiger partial charge in [-0.05, 0) is 22.9 Å². The summed E-state index contributed by atoms with van der Waals surface area (Å²) in [5.74, 6) is 0.941. The standard InChI is InChI=1S/C25H28N2O3/c1-28-24-12-5-4-11-23(24)27-15-13-26(14-16-27)17-20-18-29-25(30-20)22-10-6-8-19-7-2-3-9-21(19)22/h2-12,20,25H,13-18H2,1H3/t20?,25-/m1/s1. The zero-order valence-corrected chi connectivity index (χ0v) is 17.4. The van der Waals surface area contributed by atoms with Gasteiger partial charge in [-0.2, -0.15) is 0 Å². The number of ether oxygens (including phenoxy) is 3. The number of benzene rings is 3. The maximum atomic E-state index is 6.31. The largest absolute Gasteiger partial charge is 0.495 e. The molecule has 30 heavy (non-hydrogen) atoms. The first-order chi connectivity index (χ1) is 14.8. The van der Waals surface area contributed by atoms with E-state index in [0.29, 0.717) is 6.61 Å². The molecule has 0 spiro atoms. The average molecular weight is 405 g/mol. The molecule has 2 aliphatic heterocycles. The average Bonchev–Trinajstić information content (AvgIpc) is 3.27. The van der Waals surface area contributed by atoms with Crippen molar-refractivity contribution in [2.45, 2.75) is 12.4 Å². The summed E-state index contributed by atoms with van der Waals surface area (Å²) in [6.45, 7) is 5.54. The van der Waals surface area contributed by atoms with E-state index in [2.05, 4.69) is 64.4 Å². The van der Waals surface area contributed by atoms with Crippen LogP contribution >= 0.6 is 0 Å². The lowest BCUT2D eigenvalue weighted by Crippen LogP contribution is -2.49. The zero-order chi connectivity index (χ0) is 20.3. The molecule has 2 heterocycles. The number of nitrogens with zero attached hydrogens (tertiary/aromatic N) is 2. The molecular weight excluding hydrogens is 376 g/mol. The zero-order valence-electron chi connectivity index (χ0n) is 17.4. The smallest absolute Gasteiger partial charge is 0.185 e. The van der Waals surface area contributed by atoms with Crippen LogP contribution in [0.15, 0.2) is 66.7 Å². The molecule has 0 amide bonds. The van der Waals surface area contributed by atoms with Crippen LogP contribution in [0.5, 0.6) is 5.75 Å². The highest BCUT2D eigenvalue weighted by molar-refractivity contribution is 5.85. The van der Waals surface area contributed by atoms with Crippen molar-refractivity contribution in [1.29, 1.82) is 0 Å². The Bertz CT molecular complexity index is 995. The summed E-state index contributed by atoms with van der Waals surface area (Å²) in [6.07, 6.45) is -0.178. The molecule has 2 fully saturated rings. The lowest BCUT2D eigenvalue weighted by molar-refractivity contribution is -0.0634. The third kappa shape index (κ3) is 3.88. The van der Waals surface area contributed by atoms with Crippen LogP contribution in [0.3, 0.4) is 0 Å². The Labute approximate surface area is 177 Å². The number of hydrogen-bond donors (Lipinski definition) is 0. The Kier molecular flexibility index (Phi) is 5.58. The summed E-state index contributed by atoms with van der Waals surface area (Å²) in [4.78, 5) is 4.88. The SMILES string of the molecule is COc1ccccc1N1CCN(CC2CO[C@@H](c3cccc4ccccc34)O2)CC1. The summed E-state index contributed by atoms with van der Waals surface area (Å²) < 4.78 is 17.9. The number of rotatable bonds is 5. The second kappa shape index (κ2) is 8.64. The van der Waals surface area contributed by atoms with E-state index in [9.17, 15) is 0 Å². The first-order valence-corrected chi connectivity index (χ1v) is 10.7. The topological polar surface area (TPSA) is 34.2 Å². The maximum Gasteiger partial charge on any atom is 0.185 e. The van der Waals surface area contributed by atoms with E-state index in [0.717, 1.165) is 44.0 Å². The van der Waals surface area contributed by atoms with Crippen molar-refractivity contribution in [3.8, 4) is 5.75 Å². The van der Waals surface area contributed by atoms with Crippen molar-refractivity contribution in [3.05, 3.63) is 72.3 Å². The number of anilines is 1. The summed E-state index contributed by atoms with van der Waals surface area (Å²) in [7, 11) is 1.73. The molecule has 0 bridgehead atoms. The minimum Gasteiger partial charge on any atom is -0.495 e. The highest BCUT2D eigenvalue weighted by Crippen LogP contribution is 2.33. The number of hydrogen-bond acceptors (Lipinski definition) is 5. The molecule has 156 valence electrons. The van der Waals surface area contributed by atoms with E-state index in [1.54, 1.807) is 7.11 Å². The Morgan fingerprint density at radius 1 is 0.900 bits per heavy atom. The van der Waals surface area contributed by atoms with E-state index in [4.69, 9.17) is 14.2 Å². The number of fused-ring (bicyclic) bond motifs is 1. The fraction of sp³-hybridized carbons (Fsp3) is 0.360. The Balaban J connectivity index is 1.18. The van der Waals surface area contributed by atoms with E-state index in [-0.39, 0.29) is 12.4 Å². The third-order valence-corrected chi connectivity index (χ3v) is 6.09. The molecule has 0 aliphatic carbocycles. The highest BCUT2D eigenvalue weighted by atomic mass is 16.7. The minimum absolute atomic E-state index is 0.103. The van der Waals surface area contributed by atoms with Crippen LogP contribution < -0.4 is 9.64 Å². The van der Waals surface area contributed by atoms with Gasteiger partial charge in [0.05, 0.1) is 25.5 Å². The van der Waals surface area contributed by atoms with Crippen LogP contribution in [0.25, 0.3) is 10.8 Å². The van der Waals surface area contributed by atoms with Crippen LogP contribution in [-0.4, -0.2) is 57.4 Å². The number of methoxy groups -OCH3 is 1. The van der Waals surface area contributed by atoms with E-state index in [1.165, 1.54) is 16.5 Å². The van der Waals surface area contributed by atoms with Gasteiger partial charge in [-0.3, -0.25) is 4.90 Å². The van der Waals surface area contributed by atoms with Crippen molar-refractivity contribution in [2.75, 3.05) is 51.3 Å². The van der Waals surface area contributed by atoms with E-state index >= 15 is 0 Å². The monoisotopic (exact) mass is 404 g/mol. The van der Waals surface area contributed by atoms with Crippen molar-refractivity contribution in [1.82, 2.24) is 4.90 Å². The van der Waals surface area contributed by atoms with Gasteiger partial charge < -0.3 is 19.1 Å². The van der Waals surface area contributed by atoms with Gasteiger partial charge in [-0.15, -0.1) is 0 Å². The summed E-state index contributed by atoms with van der Waals surface area (Å²) in [6, 6.07) is 23.0. The Morgan fingerprint density at radius 3 is 2.53 bits per heavy atom. The van der Waals surface area contributed by atoms with Crippen LogP contribution in [0.2, 0.25) is 0 Å². The van der Waals surface area contributed by atoms with Crippen LogP contribution in [0, 0.1) is 0 Å². The summed E-state index contributed by atoms with van der Waals surface area (Å²) in [5, 5.41) is 2.43. The fourth-order valence-corrected chi connectivity index (χ4v) is 4.51. The van der Waals surface area contributed by atoms with Crippen LogP contribution in [0.1, 0.15) is 11.9 Å². The number of para-hydroxylation sites is 2. The molecule has 0 N–H and O–H groups in total. The predicted molar refractivity (Wildman–Crippen MR) is 119 cm³/mol. The van der Waals surface area contributed by atoms with Crippen molar-refractivity contribution >= 4 is 16.5 Å². The normalized spacial score (nSPS) is 22.5. The lowest BCUT2D eigenvalue weighted by Gasteiger charge is -2.37. The molecule has 5 heteroatoms. The quantitative estimate of drug-likeness (QED) is 0.640. The molecule has 5 nitrogen and oxygen atoms in total. The van der Waals surface area contributed by atoms with Gasteiger partial charge >= 0.3 is 0 Å². The predicted octanol–water partition coefficient (Wildman–Crippen LogP) is 4.08. The fourth-order valence-electron chi connectivity index (χ4n) is 4.51. The van der Waals surface area contributed by atoms with Gasteiger partial charge in [0.1, 0.15) is 5.75 Å². The minimum atomic E-state index is -0.282. The number of piperazine rings is 1. The molecular formula is C25H28N2O3. The molecule has 3 aromatic rings. The molecule has 3 aromatic carbocycles. The Hall–Kier alpha value is -2.60. The van der Waals surface area contributed by atoms with E-state index < -0.39 is 0 Å². The van der Waals surface area contributed by atoms with Crippen LogP contribution in [0.4, 0.5) is 5.69 Å². The Morgan fingerprint density at radius 2 is 1.67 bits per heavy atom. The molecule has 0 saturated carbocycles.